The summed E-state index contributed by atoms with van der Waals surface area (Å²) < 4.78 is 27.0. The van der Waals surface area contributed by atoms with Crippen LogP contribution >= 0.6 is 0 Å². The molecule has 2 saturated heterocycles. The van der Waals surface area contributed by atoms with Crippen molar-refractivity contribution in [1.82, 2.24) is 14.9 Å². The molecule has 0 aromatic heterocycles. The summed E-state index contributed by atoms with van der Waals surface area (Å²) in [6.07, 6.45) is 2.17. The molecule has 7 heteroatoms. The number of hydrogen-bond acceptors (Lipinski definition) is 4. The van der Waals surface area contributed by atoms with Gasteiger partial charge in [-0.3, -0.25) is 4.79 Å². The second-order valence-corrected chi connectivity index (χ2v) is 8.56. The number of sulfonamides is 1. The molecule has 3 atom stereocenters. The number of carbonyl (C=O) groups is 1. The third-order valence-electron chi connectivity index (χ3n) is 4.97. The number of nitrogens with zero attached hydrogens (tertiary/aromatic N) is 1. The van der Waals surface area contributed by atoms with Crippen molar-refractivity contribution in [3.05, 3.63) is 30.3 Å². The van der Waals surface area contributed by atoms with E-state index < -0.39 is 16.1 Å². The van der Waals surface area contributed by atoms with Crippen LogP contribution in [0, 0.1) is 5.92 Å². The van der Waals surface area contributed by atoms with Gasteiger partial charge in [0.05, 0.1) is 4.90 Å². The lowest BCUT2D eigenvalue weighted by Crippen LogP contribution is -2.53. The third kappa shape index (κ3) is 3.48. The van der Waals surface area contributed by atoms with E-state index in [9.17, 15) is 13.2 Å². The number of benzene rings is 1. The summed E-state index contributed by atoms with van der Waals surface area (Å²) in [6, 6.07) is 7.86. The van der Waals surface area contributed by atoms with E-state index in [1.165, 1.54) is 4.31 Å². The van der Waals surface area contributed by atoms with Crippen LogP contribution in [-0.2, 0) is 14.8 Å². The molecule has 0 spiro atoms. The number of rotatable bonds is 4. The second-order valence-electron chi connectivity index (χ2n) is 6.67. The molecule has 0 bridgehead atoms. The van der Waals surface area contributed by atoms with Crippen LogP contribution in [0.15, 0.2) is 35.2 Å². The van der Waals surface area contributed by atoms with Crippen LogP contribution in [0.2, 0.25) is 0 Å². The highest BCUT2D eigenvalue weighted by Crippen LogP contribution is 2.26. The molecule has 2 aliphatic rings. The van der Waals surface area contributed by atoms with Gasteiger partial charge in [0.25, 0.3) is 0 Å². The van der Waals surface area contributed by atoms with Crippen LogP contribution in [0.4, 0.5) is 0 Å². The minimum absolute atomic E-state index is 0.112. The quantitative estimate of drug-likeness (QED) is 0.847. The van der Waals surface area contributed by atoms with E-state index in [4.69, 9.17) is 0 Å². The van der Waals surface area contributed by atoms with Gasteiger partial charge in [-0.15, -0.1) is 0 Å². The van der Waals surface area contributed by atoms with Crippen molar-refractivity contribution in [2.24, 2.45) is 5.92 Å². The Morgan fingerprint density at radius 3 is 2.71 bits per heavy atom. The Morgan fingerprint density at radius 1 is 1.25 bits per heavy atom. The fraction of sp³-hybridized carbons (Fsp3) is 0.588. The Bertz CT molecular complexity index is 678. The molecule has 2 fully saturated rings. The summed E-state index contributed by atoms with van der Waals surface area (Å²) in [5.41, 5.74) is 0. The average Bonchev–Trinajstić information content (AvgIpc) is 3.08. The van der Waals surface area contributed by atoms with Gasteiger partial charge in [0.15, 0.2) is 0 Å². The van der Waals surface area contributed by atoms with E-state index in [0.29, 0.717) is 25.3 Å². The van der Waals surface area contributed by atoms with Gasteiger partial charge < -0.3 is 10.6 Å². The molecule has 0 saturated carbocycles. The van der Waals surface area contributed by atoms with Crippen molar-refractivity contribution < 1.29 is 13.2 Å². The summed E-state index contributed by atoms with van der Waals surface area (Å²) in [4.78, 5) is 13.0. The Labute approximate surface area is 143 Å². The molecular weight excluding hydrogens is 326 g/mol. The predicted octanol–water partition coefficient (Wildman–Crippen LogP) is 0.954. The van der Waals surface area contributed by atoms with Crippen molar-refractivity contribution >= 4 is 15.9 Å². The minimum Gasteiger partial charge on any atom is -0.352 e. The predicted molar refractivity (Wildman–Crippen MR) is 91.9 cm³/mol. The summed E-state index contributed by atoms with van der Waals surface area (Å²) in [6.45, 7) is 4.26. The summed E-state index contributed by atoms with van der Waals surface area (Å²) in [5, 5.41) is 6.38. The van der Waals surface area contributed by atoms with Crippen molar-refractivity contribution in [2.45, 2.75) is 43.2 Å². The van der Waals surface area contributed by atoms with Gasteiger partial charge in [0, 0.05) is 12.6 Å². The van der Waals surface area contributed by atoms with Gasteiger partial charge in [-0.2, -0.15) is 4.31 Å². The van der Waals surface area contributed by atoms with E-state index >= 15 is 0 Å². The highest BCUT2D eigenvalue weighted by molar-refractivity contribution is 7.89. The summed E-state index contributed by atoms with van der Waals surface area (Å²) >= 11 is 0. The first-order valence-electron chi connectivity index (χ1n) is 8.58. The third-order valence-corrected chi connectivity index (χ3v) is 6.89. The van der Waals surface area contributed by atoms with E-state index in [1.54, 1.807) is 30.3 Å². The molecule has 2 heterocycles. The fourth-order valence-corrected chi connectivity index (χ4v) is 5.20. The summed E-state index contributed by atoms with van der Waals surface area (Å²) in [7, 11) is -3.63. The van der Waals surface area contributed by atoms with Crippen LogP contribution in [-0.4, -0.2) is 50.3 Å². The van der Waals surface area contributed by atoms with Crippen molar-refractivity contribution in [3.63, 3.8) is 0 Å². The SMILES string of the molecule is CC1CNCCC1NC(=O)C1CCCN1S(=O)(=O)c1ccccc1. The number of amides is 1. The van der Waals surface area contributed by atoms with Gasteiger partial charge in [0.1, 0.15) is 6.04 Å². The number of nitrogens with one attached hydrogen (secondary N) is 2. The minimum atomic E-state index is -3.63. The molecule has 2 N–H and O–H groups in total. The lowest BCUT2D eigenvalue weighted by Gasteiger charge is -2.32. The van der Waals surface area contributed by atoms with E-state index in [0.717, 1.165) is 19.5 Å². The Balaban J connectivity index is 1.74. The standard InChI is InChI=1S/C17H25N3O3S/c1-13-12-18-10-9-15(13)19-17(21)16-8-5-11-20(16)24(22,23)14-6-3-2-4-7-14/h2-4,6-7,13,15-16,18H,5,8-12H2,1H3,(H,19,21). The van der Waals surface area contributed by atoms with Crippen LogP contribution < -0.4 is 10.6 Å². The topological polar surface area (TPSA) is 78.5 Å². The normalized spacial score (nSPS) is 28.6. The lowest BCUT2D eigenvalue weighted by atomic mass is 9.95. The van der Waals surface area contributed by atoms with Crippen LogP contribution in [0.1, 0.15) is 26.2 Å². The molecule has 1 aromatic rings. The maximum Gasteiger partial charge on any atom is 0.243 e. The molecule has 1 amide bonds. The molecule has 24 heavy (non-hydrogen) atoms. The van der Waals surface area contributed by atoms with Crippen molar-refractivity contribution in [2.75, 3.05) is 19.6 Å². The molecular formula is C17H25N3O3S. The zero-order valence-corrected chi connectivity index (χ0v) is 14.8. The summed E-state index contributed by atoms with van der Waals surface area (Å²) in [5.74, 6) is 0.189. The average molecular weight is 351 g/mol. The van der Waals surface area contributed by atoms with Crippen LogP contribution in [0.25, 0.3) is 0 Å². The van der Waals surface area contributed by atoms with Crippen LogP contribution in [0.5, 0.6) is 0 Å². The second kappa shape index (κ2) is 7.21. The lowest BCUT2D eigenvalue weighted by molar-refractivity contribution is -0.125. The van der Waals surface area contributed by atoms with Crippen LogP contribution in [0.3, 0.4) is 0 Å². The van der Waals surface area contributed by atoms with Gasteiger partial charge in [-0.1, -0.05) is 25.1 Å². The first-order valence-corrected chi connectivity index (χ1v) is 10.0. The molecule has 1 aromatic carbocycles. The van der Waals surface area contributed by atoms with Gasteiger partial charge in [-0.25, -0.2) is 8.42 Å². The Kier molecular flexibility index (Phi) is 5.22. The first kappa shape index (κ1) is 17.4. The Hall–Kier alpha value is -1.44. The number of piperidine rings is 1. The molecule has 3 unspecified atom stereocenters. The van der Waals surface area contributed by atoms with Gasteiger partial charge in [0.2, 0.25) is 15.9 Å². The van der Waals surface area contributed by atoms with E-state index in [-0.39, 0.29) is 16.8 Å². The monoisotopic (exact) mass is 351 g/mol. The van der Waals surface area contributed by atoms with Gasteiger partial charge >= 0.3 is 0 Å². The largest absolute Gasteiger partial charge is 0.352 e. The van der Waals surface area contributed by atoms with Crippen molar-refractivity contribution in [1.29, 1.82) is 0 Å². The maximum atomic E-state index is 12.8. The zero-order valence-electron chi connectivity index (χ0n) is 13.9. The van der Waals surface area contributed by atoms with E-state index in [1.807, 2.05) is 0 Å². The molecule has 2 aliphatic heterocycles. The Morgan fingerprint density at radius 2 is 2.00 bits per heavy atom. The van der Waals surface area contributed by atoms with Gasteiger partial charge in [-0.05, 0) is 50.4 Å². The smallest absolute Gasteiger partial charge is 0.243 e. The molecule has 3 rings (SSSR count). The molecule has 0 radical (unpaired) electrons. The molecule has 0 aliphatic carbocycles. The molecule has 132 valence electrons. The molecule has 6 nitrogen and oxygen atoms in total. The van der Waals surface area contributed by atoms with Crippen molar-refractivity contribution in [3.8, 4) is 0 Å². The zero-order chi connectivity index (χ0) is 17.2. The maximum absolute atomic E-state index is 12.8. The first-order chi connectivity index (χ1) is 11.5. The number of hydrogen-bond donors (Lipinski definition) is 2. The fourth-order valence-electron chi connectivity index (χ4n) is 3.53. The van der Waals surface area contributed by atoms with E-state index in [2.05, 4.69) is 17.6 Å². The highest BCUT2D eigenvalue weighted by Gasteiger charge is 2.40. The number of carbonyl (C=O) groups excluding carboxylic acids is 1. The highest BCUT2D eigenvalue weighted by atomic mass is 32.2.